The van der Waals surface area contributed by atoms with E-state index in [1.54, 1.807) is 23.7 Å². The van der Waals surface area contributed by atoms with Gasteiger partial charge in [0.05, 0.1) is 11.4 Å². The molecule has 158 valence electrons. The molecule has 0 unspecified atom stereocenters. The zero-order valence-corrected chi connectivity index (χ0v) is 18.6. The van der Waals surface area contributed by atoms with Crippen molar-refractivity contribution in [2.45, 2.75) is 33.8 Å². The average Bonchev–Trinajstić information content (AvgIpc) is 3.08. The summed E-state index contributed by atoms with van der Waals surface area (Å²) >= 11 is 6.15. The molecule has 6 nitrogen and oxygen atoms in total. The van der Waals surface area contributed by atoms with Gasteiger partial charge in [0.2, 0.25) is 5.88 Å². The van der Waals surface area contributed by atoms with Crippen LogP contribution in [0.25, 0.3) is 16.7 Å². The number of carbonyl (C=O) groups is 1. The Balaban J connectivity index is 1.62. The van der Waals surface area contributed by atoms with Crippen molar-refractivity contribution in [3.8, 4) is 11.6 Å². The van der Waals surface area contributed by atoms with Crippen LogP contribution < -0.4 is 10.1 Å². The van der Waals surface area contributed by atoms with Gasteiger partial charge in [-0.05, 0) is 63.1 Å². The summed E-state index contributed by atoms with van der Waals surface area (Å²) in [5.74, 6) is 0.0882. The van der Waals surface area contributed by atoms with Crippen LogP contribution in [-0.4, -0.2) is 26.8 Å². The van der Waals surface area contributed by atoms with Crippen LogP contribution in [-0.2, 0) is 4.79 Å². The molecule has 2 aromatic carbocycles. The quantitative estimate of drug-likeness (QED) is 0.456. The minimum Gasteiger partial charge on any atom is -0.464 e. The molecule has 0 bridgehead atoms. The van der Waals surface area contributed by atoms with E-state index in [-0.39, 0.29) is 5.91 Å². The molecule has 31 heavy (non-hydrogen) atoms. The first kappa shape index (κ1) is 20.9. The summed E-state index contributed by atoms with van der Waals surface area (Å²) in [5, 5.41) is 9.10. The highest BCUT2D eigenvalue weighted by molar-refractivity contribution is 6.31. The minimum absolute atomic E-state index is 0.280. The Labute approximate surface area is 185 Å². The van der Waals surface area contributed by atoms with Crippen LogP contribution in [0, 0.1) is 20.8 Å². The van der Waals surface area contributed by atoms with Gasteiger partial charge in [-0.15, -0.1) is 0 Å². The van der Waals surface area contributed by atoms with Crippen LogP contribution in [0.2, 0.25) is 5.02 Å². The number of para-hydroxylation sites is 1. The van der Waals surface area contributed by atoms with E-state index in [0.29, 0.717) is 22.2 Å². The molecule has 4 aromatic rings. The van der Waals surface area contributed by atoms with E-state index >= 15 is 0 Å². The van der Waals surface area contributed by atoms with Gasteiger partial charge in [0, 0.05) is 22.2 Å². The number of rotatable bonds is 5. The van der Waals surface area contributed by atoms with Gasteiger partial charge < -0.3 is 10.1 Å². The standard InChI is InChI=1S/C24H23ClN4O2/c1-14-13-21(31-17(4)24(30)26-20-12-8-11-19(25)15(20)2)27-23-22(14)16(3)28-29(23)18-9-6-5-7-10-18/h5-13,17H,1-4H3,(H,26,30)/t17-/m0/s1. The molecule has 1 N–H and O–H groups in total. The number of nitrogens with one attached hydrogen (secondary N) is 1. The second-order valence-electron chi connectivity index (χ2n) is 7.47. The van der Waals surface area contributed by atoms with Gasteiger partial charge in [0.15, 0.2) is 11.8 Å². The highest BCUT2D eigenvalue weighted by atomic mass is 35.5. The molecule has 0 saturated heterocycles. The molecule has 0 saturated carbocycles. The van der Waals surface area contributed by atoms with Gasteiger partial charge in [-0.1, -0.05) is 35.9 Å². The van der Waals surface area contributed by atoms with Crippen molar-refractivity contribution in [2.75, 3.05) is 5.32 Å². The molecule has 2 aromatic heterocycles. The van der Waals surface area contributed by atoms with Crippen molar-refractivity contribution in [1.82, 2.24) is 14.8 Å². The van der Waals surface area contributed by atoms with Gasteiger partial charge in [0.1, 0.15) is 0 Å². The second kappa shape index (κ2) is 8.40. The number of benzene rings is 2. The average molecular weight is 435 g/mol. The van der Waals surface area contributed by atoms with Crippen LogP contribution >= 0.6 is 11.6 Å². The van der Waals surface area contributed by atoms with E-state index in [1.807, 2.05) is 63.2 Å². The number of amides is 1. The van der Waals surface area contributed by atoms with E-state index in [9.17, 15) is 4.79 Å². The summed E-state index contributed by atoms with van der Waals surface area (Å²) < 4.78 is 7.71. The molecule has 4 rings (SSSR count). The van der Waals surface area contributed by atoms with Gasteiger partial charge in [-0.25, -0.2) is 4.68 Å². The normalized spacial score (nSPS) is 12.0. The number of hydrogen-bond acceptors (Lipinski definition) is 4. The molecule has 1 amide bonds. The summed E-state index contributed by atoms with van der Waals surface area (Å²) in [4.78, 5) is 17.4. The number of ether oxygens (including phenoxy) is 1. The molecule has 0 aliphatic carbocycles. The third kappa shape index (κ3) is 4.11. The summed E-state index contributed by atoms with van der Waals surface area (Å²) in [7, 11) is 0. The van der Waals surface area contributed by atoms with Gasteiger partial charge in [0.25, 0.3) is 5.91 Å². The SMILES string of the molecule is Cc1c(Cl)cccc1NC(=O)[C@H](C)Oc1cc(C)c2c(C)nn(-c3ccccc3)c2n1. The Morgan fingerprint density at radius 3 is 2.58 bits per heavy atom. The Kier molecular flexibility index (Phi) is 5.65. The second-order valence-corrected chi connectivity index (χ2v) is 7.88. The van der Waals surface area contributed by atoms with Crippen LogP contribution in [0.4, 0.5) is 5.69 Å². The van der Waals surface area contributed by atoms with E-state index in [0.717, 1.165) is 27.9 Å². The van der Waals surface area contributed by atoms with Gasteiger partial charge in [-0.3, -0.25) is 4.79 Å². The Morgan fingerprint density at radius 2 is 1.84 bits per heavy atom. The molecule has 0 spiro atoms. The van der Waals surface area contributed by atoms with Crippen molar-refractivity contribution < 1.29 is 9.53 Å². The number of aryl methyl sites for hydroxylation is 2. The van der Waals surface area contributed by atoms with Crippen molar-refractivity contribution in [3.05, 3.63) is 76.4 Å². The first-order chi connectivity index (χ1) is 14.8. The third-order valence-corrected chi connectivity index (χ3v) is 5.59. The largest absolute Gasteiger partial charge is 0.464 e. The molecule has 0 aliphatic rings. The maximum absolute atomic E-state index is 12.7. The van der Waals surface area contributed by atoms with Crippen LogP contribution in [0.5, 0.6) is 5.88 Å². The number of fused-ring (bicyclic) bond motifs is 1. The number of nitrogens with zero attached hydrogens (tertiary/aromatic N) is 3. The highest BCUT2D eigenvalue weighted by Crippen LogP contribution is 2.27. The van der Waals surface area contributed by atoms with Crippen molar-refractivity contribution in [1.29, 1.82) is 0 Å². The maximum Gasteiger partial charge on any atom is 0.265 e. The summed E-state index contributed by atoms with van der Waals surface area (Å²) in [5.41, 5.74) is 4.94. The monoisotopic (exact) mass is 434 g/mol. The Bertz CT molecular complexity index is 1270. The number of pyridine rings is 1. The summed E-state index contributed by atoms with van der Waals surface area (Å²) in [6, 6.07) is 17.0. The molecule has 7 heteroatoms. The summed E-state index contributed by atoms with van der Waals surface area (Å²) in [6.07, 6.45) is -0.753. The molecule has 0 fully saturated rings. The number of halogens is 1. The Morgan fingerprint density at radius 1 is 1.10 bits per heavy atom. The van der Waals surface area contributed by atoms with Gasteiger partial charge >= 0.3 is 0 Å². The molecular formula is C24H23ClN4O2. The number of carbonyl (C=O) groups excluding carboxylic acids is 1. The van der Waals surface area contributed by atoms with E-state index in [1.165, 1.54) is 0 Å². The van der Waals surface area contributed by atoms with Crippen molar-refractivity contribution in [3.63, 3.8) is 0 Å². The molecule has 0 radical (unpaired) electrons. The summed E-state index contributed by atoms with van der Waals surface area (Å²) in [6.45, 7) is 7.49. The van der Waals surface area contributed by atoms with Crippen LogP contribution in [0.3, 0.4) is 0 Å². The van der Waals surface area contributed by atoms with Crippen LogP contribution in [0.1, 0.15) is 23.7 Å². The first-order valence-electron chi connectivity index (χ1n) is 10.00. The minimum atomic E-state index is -0.753. The molecular weight excluding hydrogens is 412 g/mol. The fourth-order valence-corrected chi connectivity index (χ4v) is 3.67. The number of hydrogen-bond donors (Lipinski definition) is 1. The topological polar surface area (TPSA) is 69.0 Å². The predicted octanol–water partition coefficient (Wildman–Crippen LogP) is 5.41. The lowest BCUT2D eigenvalue weighted by molar-refractivity contribution is -0.122. The number of anilines is 1. The lowest BCUT2D eigenvalue weighted by Gasteiger charge is -2.16. The maximum atomic E-state index is 12.7. The fraction of sp³-hybridized carbons (Fsp3) is 0.208. The van der Waals surface area contributed by atoms with Gasteiger partial charge in [-0.2, -0.15) is 10.1 Å². The van der Waals surface area contributed by atoms with E-state index < -0.39 is 6.10 Å². The highest BCUT2D eigenvalue weighted by Gasteiger charge is 2.20. The molecule has 0 aliphatic heterocycles. The molecule has 1 atom stereocenters. The zero-order chi connectivity index (χ0) is 22.1. The van der Waals surface area contributed by atoms with Crippen LogP contribution in [0.15, 0.2) is 54.6 Å². The third-order valence-electron chi connectivity index (χ3n) is 5.18. The van der Waals surface area contributed by atoms with E-state index in [2.05, 4.69) is 15.4 Å². The lowest BCUT2D eigenvalue weighted by atomic mass is 10.1. The number of aromatic nitrogens is 3. The van der Waals surface area contributed by atoms with Crippen molar-refractivity contribution >= 4 is 34.2 Å². The smallest absolute Gasteiger partial charge is 0.265 e. The van der Waals surface area contributed by atoms with E-state index in [4.69, 9.17) is 16.3 Å². The first-order valence-corrected chi connectivity index (χ1v) is 10.4. The molecule has 2 heterocycles. The lowest BCUT2D eigenvalue weighted by Crippen LogP contribution is -2.30. The van der Waals surface area contributed by atoms with Crippen molar-refractivity contribution in [2.24, 2.45) is 0 Å². The zero-order valence-electron chi connectivity index (χ0n) is 17.8. The fourth-order valence-electron chi connectivity index (χ4n) is 3.50. The Hall–Kier alpha value is -3.38. The predicted molar refractivity (Wildman–Crippen MR) is 123 cm³/mol.